The molecule has 1 aliphatic carbocycles. The highest BCUT2D eigenvalue weighted by atomic mass is 79.9. The number of nitrogens with two attached hydrogens (primary N) is 1. The molecule has 0 aliphatic heterocycles. The Labute approximate surface area is 204 Å². The second-order valence-corrected chi connectivity index (χ2v) is 9.86. The van der Waals surface area contributed by atoms with Crippen LogP contribution in [0.3, 0.4) is 0 Å². The molecule has 176 valence electrons. The Balaban J connectivity index is 1.53. The lowest BCUT2D eigenvalue weighted by Crippen LogP contribution is -2.35. The van der Waals surface area contributed by atoms with Crippen molar-refractivity contribution in [3.05, 3.63) is 40.9 Å². The van der Waals surface area contributed by atoms with Crippen molar-refractivity contribution in [3.63, 3.8) is 0 Å². The molecule has 3 aromatic heterocycles. The smallest absolute Gasteiger partial charge is 0.225 e. The van der Waals surface area contributed by atoms with E-state index in [1.807, 2.05) is 26.0 Å². The van der Waals surface area contributed by atoms with E-state index in [0.29, 0.717) is 16.2 Å². The highest BCUT2D eigenvalue weighted by Gasteiger charge is 2.41. The molecule has 1 unspecified atom stereocenters. The van der Waals surface area contributed by atoms with Crippen molar-refractivity contribution in [1.29, 1.82) is 0 Å². The zero-order valence-electron chi connectivity index (χ0n) is 19.2. The van der Waals surface area contributed by atoms with Crippen molar-refractivity contribution in [2.75, 3.05) is 12.4 Å². The number of anilines is 1. The lowest BCUT2D eigenvalue weighted by Gasteiger charge is -2.22. The van der Waals surface area contributed by atoms with E-state index in [-0.39, 0.29) is 23.4 Å². The molecule has 34 heavy (non-hydrogen) atoms. The zero-order chi connectivity index (χ0) is 24.0. The summed E-state index contributed by atoms with van der Waals surface area (Å²) in [6.07, 6.45) is 7.48. The summed E-state index contributed by atoms with van der Waals surface area (Å²) in [6, 6.07) is 3.78. The van der Waals surface area contributed by atoms with Crippen LogP contribution < -0.4 is 16.4 Å². The average molecular weight is 524 g/mol. The maximum atomic E-state index is 12.3. The number of hydrogen-bond acceptors (Lipinski definition) is 8. The minimum atomic E-state index is -0.386. The van der Waals surface area contributed by atoms with Crippen molar-refractivity contribution < 1.29 is 4.79 Å². The van der Waals surface area contributed by atoms with Crippen LogP contribution in [0.25, 0.3) is 27.8 Å². The van der Waals surface area contributed by atoms with Crippen molar-refractivity contribution in [2.45, 2.75) is 45.2 Å². The molecule has 0 bridgehead atoms. The Bertz CT molecular complexity index is 1400. The van der Waals surface area contributed by atoms with Gasteiger partial charge in [-0.2, -0.15) is 10.1 Å². The van der Waals surface area contributed by atoms with Gasteiger partial charge in [0.05, 0.1) is 22.1 Å². The fourth-order valence-corrected chi connectivity index (χ4v) is 5.17. The van der Waals surface area contributed by atoms with Crippen LogP contribution in [0.4, 0.5) is 5.95 Å². The molecular weight excluding hydrogens is 498 g/mol. The first-order valence-corrected chi connectivity index (χ1v) is 12.0. The third kappa shape index (κ3) is 3.88. The lowest BCUT2D eigenvalue weighted by molar-refractivity contribution is -0.129. The van der Waals surface area contributed by atoms with Gasteiger partial charge in [0.25, 0.3) is 0 Å². The van der Waals surface area contributed by atoms with Crippen molar-refractivity contribution in [1.82, 2.24) is 35.0 Å². The summed E-state index contributed by atoms with van der Waals surface area (Å²) >= 11 is 3.53. The van der Waals surface area contributed by atoms with E-state index in [0.717, 1.165) is 46.9 Å². The summed E-state index contributed by atoms with van der Waals surface area (Å²) < 4.78 is 2.40. The van der Waals surface area contributed by atoms with Crippen LogP contribution in [0.1, 0.15) is 44.7 Å². The number of benzene rings is 1. The predicted molar refractivity (Wildman–Crippen MR) is 133 cm³/mol. The first-order valence-electron chi connectivity index (χ1n) is 11.2. The molecule has 4 aromatic rings. The van der Waals surface area contributed by atoms with Gasteiger partial charge in [0.1, 0.15) is 4.60 Å². The number of halogens is 1. The number of nitrogens with one attached hydrogen (secondary N) is 2. The maximum Gasteiger partial charge on any atom is 0.225 e. The van der Waals surface area contributed by atoms with E-state index >= 15 is 0 Å². The molecule has 3 atom stereocenters. The summed E-state index contributed by atoms with van der Waals surface area (Å²) in [7, 11) is 1.68. The van der Waals surface area contributed by atoms with Gasteiger partial charge in [-0.25, -0.2) is 9.67 Å². The average Bonchev–Trinajstić information content (AvgIpc) is 3.37. The zero-order valence-corrected chi connectivity index (χ0v) is 20.8. The molecule has 1 saturated carbocycles. The van der Waals surface area contributed by atoms with Crippen molar-refractivity contribution >= 4 is 49.9 Å². The van der Waals surface area contributed by atoms with Crippen LogP contribution in [0.2, 0.25) is 0 Å². The Morgan fingerprint density at radius 1 is 1.29 bits per heavy atom. The molecule has 4 N–H and O–H groups in total. The van der Waals surface area contributed by atoms with Crippen LogP contribution in [-0.4, -0.2) is 48.7 Å². The van der Waals surface area contributed by atoms with Gasteiger partial charge in [0.2, 0.25) is 11.9 Å². The van der Waals surface area contributed by atoms with Gasteiger partial charge in [-0.05, 0) is 59.8 Å². The van der Waals surface area contributed by atoms with Crippen LogP contribution in [0, 0.1) is 5.41 Å². The quantitative estimate of drug-likeness (QED) is 0.362. The van der Waals surface area contributed by atoms with Crippen LogP contribution in [0.5, 0.6) is 0 Å². The van der Waals surface area contributed by atoms with E-state index in [1.54, 1.807) is 30.3 Å². The Kier molecular flexibility index (Phi) is 5.68. The number of carbonyl (C=O) groups is 1. The third-order valence-corrected chi connectivity index (χ3v) is 7.14. The van der Waals surface area contributed by atoms with E-state index < -0.39 is 0 Å². The normalized spacial score (nSPS) is 21.1. The minimum absolute atomic E-state index is 0.0690. The highest BCUT2D eigenvalue weighted by molar-refractivity contribution is 9.10. The number of aromatic nitrogens is 6. The first kappa shape index (κ1) is 22.6. The van der Waals surface area contributed by atoms with Gasteiger partial charge in [0, 0.05) is 43.1 Å². The number of amides is 1. The second-order valence-electron chi connectivity index (χ2n) is 9.11. The lowest BCUT2D eigenvalue weighted by atomic mass is 9.87. The Morgan fingerprint density at radius 3 is 2.85 bits per heavy atom. The van der Waals surface area contributed by atoms with E-state index in [1.165, 1.54) is 0 Å². The molecular formula is C23H26BrN9O. The van der Waals surface area contributed by atoms with Gasteiger partial charge in [-0.1, -0.05) is 6.92 Å². The first-order chi connectivity index (χ1) is 16.3. The van der Waals surface area contributed by atoms with Gasteiger partial charge >= 0.3 is 0 Å². The number of carbonyl (C=O) groups excluding carboxylic acids is 1. The molecule has 1 fully saturated rings. The van der Waals surface area contributed by atoms with E-state index in [9.17, 15) is 4.79 Å². The molecule has 0 saturated heterocycles. The number of hydrogen-bond donors (Lipinski definition) is 3. The number of fused-ring (bicyclic) bond motifs is 2. The molecule has 1 amide bonds. The Hall–Kier alpha value is -3.18. The fourth-order valence-electron chi connectivity index (χ4n) is 4.73. The van der Waals surface area contributed by atoms with Gasteiger partial charge in [-0.3, -0.25) is 14.8 Å². The topological polar surface area (TPSA) is 137 Å². The summed E-state index contributed by atoms with van der Waals surface area (Å²) in [5, 5.41) is 11.6. The number of nitrogens with zero attached hydrogens (tertiary/aromatic N) is 6. The van der Waals surface area contributed by atoms with Crippen molar-refractivity contribution in [2.24, 2.45) is 11.1 Å². The molecule has 11 heteroatoms. The van der Waals surface area contributed by atoms with Crippen LogP contribution >= 0.6 is 15.9 Å². The molecule has 0 radical (unpaired) electrons. The standard InChI is InChI=1S/C23H26BrN9O/c1-12(25)15-8-14(9-17-18(15)28-7-6-27-17)33-20-16(19(24)32-33)11-29-22(31-20)30-13-4-5-23(2,10-13)21(34)26-3/h6-9,11-13H,4-5,10,25H2,1-3H3,(H,26,34)(H,29,30,31)/t12?,13-,23-/m1/s1. The number of rotatable bonds is 5. The summed E-state index contributed by atoms with van der Waals surface area (Å²) in [5.41, 5.74) is 9.68. The molecule has 3 heterocycles. The van der Waals surface area contributed by atoms with Crippen LogP contribution in [-0.2, 0) is 4.79 Å². The summed E-state index contributed by atoms with van der Waals surface area (Å²) in [5.74, 6) is 0.569. The third-order valence-electron chi connectivity index (χ3n) is 6.55. The molecule has 1 aromatic carbocycles. The van der Waals surface area contributed by atoms with Gasteiger partial charge < -0.3 is 16.4 Å². The maximum absolute atomic E-state index is 12.3. The van der Waals surface area contributed by atoms with Gasteiger partial charge in [0.15, 0.2) is 5.65 Å². The molecule has 5 rings (SSSR count). The monoisotopic (exact) mass is 523 g/mol. The van der Waals surface area contributed by atoms with Gasteiger partial charge in [-0.15, -0.1) is 0 Å². The second kappa shape index (κ2) is 8.55. The minimum Gasteiger partial charge on any atom is -0.359 e. The van der Waals surface area contributed by atoms with Crippen molar-refractivity contribution in [3.8, 4) is 5.69 Å². The Morgan fingerprint density at radius 2 is 2.09 bits per heavy atom. The SMILES string of the molecule is CNC(=O)[C@]1(C)CC[C@@H](Nc2ncc3c(Br)nn(-c4cc(C(C)N)c5nccnc5c4)c3n2)C1. The largest absolute Gasteiger partial charge is 0.359 e. The summed E-state index contributed by atoms with van der Waals surface area (Å²) in [6.45, 7) is 3.92. The van der Waals surface area contributed by atoms with E-state index in [4.69, 9.17) is 10.7 Å². The molecule has 10 nitrogen and oxygen atoms in total. The summed E-state index contributed by atoms with van der Waals surface area (Å²) in [4.78, 5) is 30.5. The fraction of sp³-hybridized carbons (Fsp3) is 0.391. The molecule has 1 aliphatic rings. The predicted octanol–water partition coefficient (Wildman–Crippen LogP) is 3.26. The highest BCUT2D eigenvalue weighted by Crippen LogP contribution is 2.39. The molecule has 0 spiro atoms. The van der Waals surface area contributed by atoms with Crippen LogP contribution in [0.15, 0.2) is 35.3 Å². The van der Waals surface area contributed by atoms with E-state index in [2.05, 4.69) is 46.6 Å².